The van der Waals surface area contributed by atoms with Gasteiger partial charge in [-0.15, -0.1) is 12.4 Å². The molecule has 0 aromatic heterocycles. The summed E-state index contributed by atoms with van der Waals surface area (Å²) in [6.45, 7) is 10.7. The Morgan fingerprint density at radius 1 is 0.739 bits per heavy atom. The van der Waals surface area contributed by atoms with E-state index in [9.17, 15) is 0 Å². The van der Waals surface area contributed by atoms with Crippen molar-refractivity contribution in [2.45, 2.75) is 78.6 Å². The fourth-order valence-corrected chi connectivity index (χ4v) is 3.22. The number of halogens is 1. The molecule has 0 aliphatic heterocycles. The van der Waals surface area contributed by atoms with Crippen LogP contribution in [0, 0.1) is 6.92 Å². The molecule has 0 saturated heterocycles. The van der Waals surface area contributed by atoms with E-state index in [-0.39, 0.29) is 12.4 Å². The largest absolute Gasteiger partial charge is 0.303 e. The minimum Gasteiger partial charge on any atom is -0.303 e. The van der Waals surface area contributed by atoms with Crippen LogP contribution in [-0.2, 0) is 6.42 Å². The Morgan fingerprint density at radius 2 is 1.30 bits per heavy atom. The van der Waals surface area contributed by atoms with Gasteiger partial charge in [-0.2, -0.15) is 0 Å². The van der Waals surface area contributed by atoms with Crippen molar-refractivity contribution in [3.05, 3.63) is 35.4 Å². The first kappa shape index (κ1) is 22.5. The highest BCUT2D eigenvalue weighted by molar-refractivity contribution is 5.85. The lowest BCUT2D eigenvalue weighted by atomic mass is 10.0. The number of hydrogen-bond donors (Lipinski definition) is 0. The van der Waals surface area contributed by atoms with Gasteiger partial charge in [0.05, 0.1) is 0 Å². The van der Waals surface area contributed by atoms with Gasteiger partial charge in [0, 0.05) is 0 Å². The Labute approximate surface area is 151 Å². The van der Waals surface area contributed by atoms with Crippen molar-refractivity contribution >= 4 is 12.4 Å². The molecule has 0 aliphatic carbocycles. The van der Waals surface area contributed by atoms with E-state index in [0.717, 1.165) is 0 Å². The smallest absolute Gasteiger partial charge is 0.00187 e. The van der Waals surface area contributed by atoms with Crippen molar-refractivity contribution in [3.8, 4) is 0 Å². The summed E-state index contributed by atoms with van der Waals surface area (Å²) in [5.41, 5.74) is 2.99. The average Bonchev–Trinajstić information content (AvgIpc) is 2.52. The number of unbranched alkanes of at least 4 members (excludes halogenated alkanes) is 5. The van der Waals surface area contributed by atoms with Crippen LogP contribution in [0.5, 0.6) is 0 Å². The molecule has 1 nitrogen and oxygen atoms in total. The summed E-state index contributed by atoms with van der Waals surface area (Å²) in [4.78, 5) is 2.64. The third kappa shape index (κ3) is 10.8. The predicted octanol–water partition coefficient (Wildman–Crippen LogP) is 6.42. The first-order chi connectivity index (χ1) is 10.8. The molecule has 0 bridgehead atoms. The third-order valence-electron chi connectivity index (χ3n) is 4.51. The fourth-order valence-electron chi connectivity index (χ4n) is 3.22. The summed E-state index contributed by atoms with van der Waals surface area (Å²) in [5, 5.41) is 0. The van der Waals surface area contributed by atoms with E-state index in [2.05, 4.69) is 49.9 Å². The molecule has 2 heteroatoms. The lowest BCUT2D eigenvalue weighted by Gasteiger charge is -2.20. The molecule has 23 heavy (non-hydrogen) atoms. The molecule has 134 valence electrons. The molecule has 1 rings (SSSR count). The van der Waals surface area contributed by atoms with Crippen molar-refractivity contribution in [1.82, 2.24) is 4.90 Å². The van der Waals surface area contributed by atoms with E-state index < -0.39 is 0 Å². The van der Waals surface area contributed by atoms with Gasteiger partial charge in [0.1, 0.15) is 0 Å². The van der Waals surface area contributed by atoms with Crippen LogP contribution >= 0.6 is 12.4 Å². The summed E-state index contributed by atoms with van der Waals surface area (Å²) >= 11 is 0. The average molecular weight is 340 g/mol. The highest BCUT2D eigenvalue weighted by Crippen LogP contribution is 2.13. The number of rotatable bonds is 13. The Balaban J connectivity index is 0.00000484. The number of hydrogen-bond acceptors (Lipinski definition) is 1. The first-order valence-corrected chi connectivity index (χ1v) is 9.54. The van der Waals surface area contributed by atoms with Gasteiger partial charge >= 0.3 is 0 Å². The van der Waals surface area contributed by atoms with E-state index in [0.29, 0.717) is 0 Å². The van der Waals surface area contributed by atoms with Gasteiger partial charge in [0.2, 0.25) is 0 Å². The molecule has 0 aliphatic rings. The summed E-state index contributed by atoms with van der Waals surface area (Å²) < 4.78 is 0. The normalized spacial score (nSPS) is 10.8. The van der Waals surface area contributed by atoms with Crippen LogP contribution in [0.1, 0.15) is 76.3 Å². The summed E-state index contributed by atoms with van der Waals surface area (Å²) in [7, 11) is 0. The van der Waals surface area contributed by atoms with Gasteiger partial charge < -0.3 is 4.90 Å². The van der Waals surface area contributed by atoms with Crippen LogP contribution in [0.3, 0.4) is 0 Å². The SMILES string of the molecule is CCCN(CCC)CCCCCCCCc1ccccc1C.Cl. The molecule has 0 fully saturated rings. The molecule has 1 aromatic carbocycles. The van der Waals surface area contributed by atoms with Gasteiger partial charge in [-0.1, -0.05) is 63.8 Å². The highest BCUT2D eigenvalue weighted by atomic mass is 35.5. The molecule has 0 saturated carbocycles. The summed E-state index contributed by atoms with van der Waals surface area (Å²) in [6.07, 6.45) is 12.2. The zero-order valence-electron chi connectivity index (χ0n) is 15.7. The minimum absolute atomic E-state index is 0. The Bertz CT molecular complexity index is 372. The van der Waals surface area contributed by atoms with Gasteiger partial charge in [-0.3, -0.25) is 0 Å². The fraction of sp³-hybridized carbons (Fsp3) is 0.714. The van der Waals surface area contributed by atoms with E-state index in [1.165, 1.54) is 88.5 Å². The Morgan fingerprint density at radius 3 is 1.91 bits per heavy atom. The van der Waals surface area contributed by atoms with E-state index in [1.54, 1.807) is 0 Å². The van der Waals surface area contributed by atoms with Crippen molar-refractivity contribution in [2.75, 3.05) is 19.6 Å². The van der Waals surface area contributed by atoms with Crippen LogP contribution in [-0.4, -0.2) is 24.5 Å². The molecule has 0 atom stereocenters. The molecule has 1 aromatic rings. The molecular formula is C21H38ClN. The van der Waals surface area contributed by atoms with E-state index in [4.69, 9.17) is 0 Å². The topological polar surface area (TPSA) is 3.24 Å². The van der Waals surface area contributed by atoms with Crippen molar-refractivity contribution < 1.29 is 0 Å². The highest BCUT2D eigenvalue weighted by Gasteiger charge is 2.02. The third-order valence-corrected chi connectivity index (χ3v) is 4.51. The molecular weight excluding hydrogens is 302 g/mol. The van der Waals surface area contributed by atoms with Gasteiger partial charge in [-0.25, -0.2) is 0 Å². The molecule has 0 spiro atoms. The van der Waals surface area contributed by atoms with Crippen molar-refractivity contribution in [3.63, 3.8) is 0 Å². The number of nitrogens with zero attached hydrogens (tertiary/aromatic N) is 1. The quantitative estimate of drug-likeness (QED) is 0.375. The zero-order valence-corrected chi connectivity index (χ0v) is 16.5. The maximum absolute atomic E-state index is 2.64. The molecule has 0 unspecified atom stereocenters. The summed E-state index contributed by atoms with van der Waals surface area (Å²) in [6, 6.07) is 8.82. The van der Waals surface area contributed by atoms with Crippen LogP contribution < -0.4 is 0 Å². The van der Waals surface area contributed by atoms with Crippen molar-refractivity contribution in [1.29, 1.82) is 0 Å². The van der Waals surface area contributed by atoms with Crippen LogP contribution in [0.15, 0.2) is 24.3 Å². The first-order valence-electron chi connectivity index (χ1n) is 9.54. The van der Waals surface area contributed by atoms with Gasteiger partial charge in [0.15, 0.2) is 0 Å². The maximum Gasteiger partial charge on any atom is -0.00187 e. The number of aryl methyl sites for hydroxylation is 2. The standard InChI is InChI=1S/C21H37N.ClH/c1-4-17-22(18-5-2)19-13-9-7-6-8-10-15-21-16-12-11-14-20(21)3;/h11-12,14,16H,4-10,13,15,17-19H2,1-3H3;1H. The lowest BCUT2D eigenvalue weighted by molar-refractivity contribution is 0.267. The lowest BCUT2D eigenvalue weighted by Crippen LogP contribution is -2.26. The van der Waals surface area contributed by atoms with Crippen molar-refractivity contribution in [2.24, 2.45) is 0 Å². The monoisotopic (exact) mass is 339 g/mol. The molecule has 0 heterocycles. The van der Waals surface area contributed by atoms with Crippen LogP contribution in [0.2, 0.25) is 0 Å². The molecule has 0 radical (unpaired) electrons. The molecule has 0 N–H and O–H groups in total. The van der Waals surface area contributed by atoms with E-state index >= 15 is 0 Å². The maximum atomic E-state index is 2.64. The van der Waals surface area contributed by atoms with E-state index in [1.807, 2.05) is 0 Å². The number of benzene rings is 1. The second kappa shape index (κ2) is 15.0. The minimum atomic E-state index is 0. The van der Waals surface area contributed by atoms with Crippen LogP contribution in [0.4, 0.5) is 0 Å². The predicted molar refractivity (Wildman–Crippen MR) is 107 cm³/mol. The Hall–Kier alpha value is -0.530. The summed E-state index contributed by atoms with van der Waals surface area (Å²) in [5.74, 6) is 0. The van der Waals surface area contributed by atoms with Crippen LogP contribution in [0.25, 0.3) is 0 Å². The second-order valence-electron chi connectivity index (χ2n) is 6.64. The van der Waals surface area contributed by atoms with Gasteiger partial charge in [-0.05, 0) is 69.8 Å². The molecule has 0 amide bonds. The Kier molecular flexibility index (Phi) is 14.7. The zero-order chi connectivity index (χ0) is 16.0. The second-order valence-corrected chi connectivity index (χ2v) is 6.64. The van der Waals surface area contributed by atoms with Gasteiger partial charge in [0.25, 0.3) is 0 Å².